The Morgan fingerprint density at radius 1 is 1.14 bits per heavy atom. The number of pyridine rings is 2. The molecule has 0 aliphatic rings. The summed E-state index contributed by atoms with van der Waals surface area (Å²) < 4.78 is 0. The van der Waals surface area contributed by atoms with Crippen molar-refractivity contribution in [1.29, 1.82) is 0 Å². The van der Waals surface area contributed by atoms with E-state index in [1.54, 1.807) is 12.4 Å². The van der Waals surface area contributed by atoms with Crippen LogP contribution in [-0.2, 0) is 0 Å². The number of nitrogens with two attached hydrogens (primary N) is 2. The number of hydrogen-bond donors (Lipinski definition) is 3. The molecule has 2 heterocycles. The van der Waals surface area contributed by atoms with Crippen molar-refractivity contribution in [2.24, 2.45) is 5.84 Å². The van der Waals surface area contributed by atoms with Crippen molar-refractivity contribution in [1.82, 2.24) is 15.4 Å². The molecule has 106 valence electrons. The molecular formula is C16H17N5. The zero-order chi connectivity index (χ0) is 14.8. The first-order valence-corrected chi connectivity index (χ1v) is 6.72. The van der Waals surface area contributed by atoms with Crippen molar-refractivity contribution in [3.8, 4) is 0 Å². The fraction of sp³-hybridized carbons (Fsp3) is 0.125. The fourth-order valence-corrected chi connectivity index (χ4v) is 2.47. The molecular weight excluding hydrogens is 262 g/mol. The van der Waals surface area contributed by atoms with Crippen molar-refractivity contribution in [2.75, 3.05) is 5.73 Å². The fourth-order valence-electron chi connectivity index (χ4n) is 2.47. The molecule has 5 nitrogen and oxygen atoms in total. The van der Waals surface area contributed by atoms with Crippen molar-refractivity contribution < 1.29 is 0 Å². The normalized spacial score (nSPS) is 12.5. The lowest BCUT2D eigenvalue weighted by molar-refractivity contribution is 0.637. The lowest BCUT2D eigenvalue weighted by Gasteiger charge is -2.19. The van der Waals surface area contributed by atoms with Gasteiger partial charge < -0.3 is 5.73 Å². The van der Waals surface area contributed by atoms with Gasteiger partial charge in [-0.1, -0.05) is 12.1 Å². The number of hydrogen-bond acceptors (Lipinski definition) is 5. The van der Waals surface area contributed by atoms with Gasteiger partial charge in [-0.25, -0.2) is 10.4 Å². The molecule has 0 fully saturated rings. The van der Waals surface area contributed by atoms with Crippen LogP contribution in [-0.4, -0.2) is 9.97 Å². The summed E-state index contributed by atoms with van der Waals surface area (Å²) in [6.07, 6.45) is 3.53. The summed E-state index contributed by atoms with van der Waals surface area (Å²) in [5.74, 6) is 6.23. The topological polar surface area (TPSA) is 89.8 Å². The molecule has 5 N–H and O–H groups in total. The van der Waals surface area contributed by atoms with E-state index >= 15 is 0 Å². The van der Waals surface area contributed by atoms with Gasteiger partial charge >= 0.3 is 0 Å². The van der Waals surface area contributed by atoms with Gasteiger partial charge in [-0.3, -0.25) is 10.8 Å². The molecule has 0 bridgehead atoms. The molecule has 21 heavy (non-hydrogen) atoms. The number of rotatable bonds is 3. The number of nitrogens with one attached hydrogen (secondary N) is 1. The van der Waals surface area contributed by atoms with Crippen molar-refractivity contribution in [3.63, 3.8) is 0 Å². The van der Waals surface area contributed by atoms with Gasteiger partial charge in [0, 0.05) is 23.3 Å². The summed E-state index contributed by atoms with van der Waals surface area (Å²) >= 11 is 0. The van der Waals surface area contributed by atoms with Crippen LogP contribution in [0.3, 0.4) is 0 Å². The van der Waals surface area contributed by atoms with Crippen LogP contribution in [0.4, 0.5) is 5.82 Å². The molecule has 3 rings (SSSR count). The molecule has 0 spiro atoms. The first-order chi connectivity index (χ1) is 10.2. The van der Waals surface area contributed by atoms with E-state index in [4.69, 9.17) is 11.6 Å². The molecule has 0 amide bonds. The van der Waals surface area contributed by atoms with E-state index in [0.717, 1.165) is 27.6 Å². The van der Waals surface area contributed by atoms with Gasteiger partial charge in [0.2, 0.25) is 0 Å². The number of nitrogen functional groups attached to an aromatic ring is 1. The summed E-state index contributed by atoms with van der Waals surface area (Å²) in [6, 6.07) is 11.8. The molecule has 3 aromatic rings. The van der Waals surface area contributed by atoms with E-state index in [9.17, 15) is 0 Å². The largest absolute Gasteiger partial charge is 0.383 e. The van der Waals surface area contributed by atoms with Crippen molar-refractivity contribution in [2.45, 2.75) is 13.0 Å². The van der Waals surface area contributed by atoms with Crippen molar-refractivity contribution in [3.05, 3.63) is 65.5 Å². The Kier molecular flexibility index (Phi) is 3.51. The second-order valence-electron chi connectivity index (χ2n) is 5.04. The Morgan fingerprint density at radius 2 is 2.00 bits per heavy atom. The van der Waals surface area contributed by atoms with Gasteiger partial charge in [0.25, 0.3) is 0 Å². The number of nitrogens with zero attached hydrogens (tertiary/aromatic N) is 2. The van der Waals surface area contributed by atoms with Crippen LogP contribution < -0.4 is 17.0 Å². The molecule has 0 radical (unpaired) electrons. The average molecular weight is 279 g/mol. The number of fused-ring (bicyclic) bond motifs is 1. The standard InChI is InChI=1S/C16H17N5/c1-10-7-13(16(17)20-9-10)15(21-18)12-4-5-14-11(8-12)3-2-6-19-14/h2-9,15,21H,18H2,1H3,(H2,17,20). The van der Waals surface area contributed by atoms with Crippen LogP contribution in [0.25, 0.3) is 10.9 Å². The predicted octanol–water partition coefficient (Wildman–Crippen LogP) is 2.07. The maximum absolute atomic E-state index is 6.00. The lowest BCUT2D eigenvalue weighted by Crippen LogP contribution is -2.29. The minimum Gasteiger partial charge on any atom is -0.383 e. The zero-order valence-electron chi connectivity index (χ0n) is 11.7. The number of aromatic nitrogens is 2. The summed E-state index contributed by atoms with van der Waals surface area (Å²) in [6.45, 7) is 1.98. The zero-order valence-corrected chi connectivity index (χ0v) is 11.7. The van der Waals surface area contributed by atoms with Crippen LogP contribution >= 0.6 is 0 Å². The Labute approximate surface area is 123 Å². The van der Waals surface area contributed by atoms with Crippen LogP contribution in [0, 0.1) is 6.92 Å². The summed E-state index contributed by atoms with van der Waals surface area (Å²) in [5, 5.41) is 1.06. The van der Waals surface area contributed by atoms with E-state index in [1.807, 2.05) is 37.3 Å². The Morgan fingerprint density at radius 3 is 2.81 bits per heavy atom. The summed E-state index contributed by atoms with van der Waals surface area (Å²) in [5.41, 5.74) is 12.7. The molecule has 1 aromatic carbocycles. The highest BCUT2D eigenvalue weighted by molar-refractivity contribution is 5.79. The monoisotopic (exact) mass is 279 g/mol. The van der Waals surface area contributed by atoms with Crippen molar-refractivity contribution >= 4 is 16.7 Å². The van der Waals surface area contributed by atoms with Gasteiger partial charge in [0.05, 0.1) is 11.6 Å². The van der Waals surface area contributed by atoms with E-state index in [-0.39, 0.29) is 6.04 Å². The summed E-state index contributed by atoms with van der Waals surface area (Å²) in [4.78, 5) is 8.53. The highest BCUT2D eigenvalue weighted by Crippen LogP contribution is 2.27. The van der Waals surface area contributed by atoms with Crippen LogP contribution in [0.15, 0.2) is 48.8 Å². The number of benzene rings is 1. The Balaban J connectivity index is 2.11. The first kappa shape index (κ1) is 13.5. The quantitative estimate of drug-likeness (QED) is 0.504. The third kappa shape index (κ3) is 2.56. The number of hydrazine groups is 1. The van der Waals surface area contributed by atoms with Gasteiger partial charge in [0.15, 0.2) is 0 Å². The minimum absolute atomic E-state index is 0.206. The maximum atomic E-state index is 6.00. The van der Waals surface area contributed by atoms with Crippen LogP contribution in [0.1, 0.15) is 22.7 Å². The average Bonchev–Trinajstić information content (AvgIpc) is 2.51. The minimum atomic E-state index is -0.206. The number of anilines is 1. The van der Waals surface area contributed by atoms with Gasteiger partial charge in [-0.15, -0.1) is 0 Å². The van der Waals surface area contributed by atoms with Crippen LogP contribution in [0.2, 0.25) is 0 Å². The molecule has 2 aromatic heterocycles. The molecule has 5 heteroatoms. The highest BCUT2D eigenvalue weighted by Gasteiger charge is 2.16. The molecule has 1 unspecified atom stereocenters. The molecule has 0 saturated heterocycles. The Hall–Kier alpha value is -2.50. The smallest absolute Gasteiger partial charge is 0.128 e. The van der Waals surface area contributed by atoms with Gasteiger partial charge in [-0.2, -0.15) is 0 Å². The molecule has 0 aliphatic carbocycles. The Bertz CT molecular complexity index is 784. The van der Waals surface area contributed by atoms with Gasteiger partial charge in [-0.05, 0) is 42.3 Å². The van der Waals surface area contributed by atoms with E-state index in [2.05, 4.69) is 21.5 Å². The second kappa shape index (κ2) is 5.47. The highest BCUT2D eigenvalue weighted by atomic mass is 15.2. The lowest BCUT2D eigenvalue weighted by atomic mass is 9.97. The SMILES string of the molecule is Cc1cnc(N)c(C(NN)c2ccc3ncccc3c2)c1. The van der Waals surface area contributed by atoms with E-state index in [1.165, 1.54) is 0 Å². The van der Waals surface area contributed by atoms with Gasteiger partial charge in [0.1, 0.15) is 5.82 Å². The molecule has 0 saturated carbocycles. The van der Waals surface area contributed by atoms with E-state index in [0.29, 0.717) is 5.82 Å². The maximum Gasteiger partial charge on any atom is 0.128 e. The second-order valence-corrected chi connectivity index (χ2v) is 5.04. The first-order valence-electron chi connectivity index (χ1n) is 6.72. The third-order valence-electron chi connectivity index (χ3n) is 3.52. The molecule has 1 atom stereocenters. The predicted molar refractivity (Wildman–Crippen MR) is 84.3 cm³/mol. The van der Waals surface area contributed by atoms with Crippen LogP contribution in [0.5, 0.6) is 0 Å². The number of aryl methyl sites for hydroxylation is 1. The molecule has 0 aliphatic heterocycles. The third-order valence-corrected chi connectivity index (χ3v) is 3.52. The van der Waals surface area contributed by atoms with E-state index < -0.39 is 0 Å². The summed E-state index contributed by atoms with van der Waals surface area (Å²) in [7, 11) is 0.